The zero-order valence-electron chi connectivity index (χ0n) is 15.1. The maximum Gasteiger partial charge on any atom is 0.269 e. The Hall–Kier alpha value is -2.45. The summed E-state index contributed by atoms with van der Waals surface area (Å²) in [5, 5.41) is 11.8. The molecule has 0 aliphatic carbocycles. The summed E-state index contributed by atoms with van der Waals surface area (Å²) in [4.78, 5) is 30.5. The molecule has 8 heteroatoms. The molecule has 144 valence electrons. The van der Waals surface area contributed by atoms with Crippen molar-refractivity contribution in [2.45, 2.75) is 23.7 Å². The molecule has 1 fully saturated rings. The standard InChI is InChI=1S/C20H19N3O3S2/c24-19(13-27-16-9-7-15(8-10-16)23(25)26)22-11-3-4-14(12-22)20-21-17-5-1-2-6-18(17)28-20/h1-2,5-10,14H,3-4,11-13H2/t14-/m1/s1. The van der Waals surface area contributed by atoms with Crippen molar-refractivity contribution in [3.63, 3.8) is 0 Å². The SMILES string of the molecule is O=C(CSc1ccc([N+](=O)[O-])cc1)N1CCC[C@@H](c2nc3ccccc3s2)C1. The summed E-state index contributed by atoms with van der Waals surface area (Å²) >= 11 is 3.14. The van der Waals surface area contributed by atoms with Crippen LogP contribution < -0.4 is 0 Å². The van der Waals surface area contributed by atoms with Gasteiger partial charge in [-0.15, -0.1) is 23.1 Å². The second-order valence-electron chi connectivity index (χ2n) is 6.74. The maximum atomic E-state index is 12.7. The minimum Gasteiger partial charge on any atom is -0.341 e. The van der Waals surface area contributed by atoms with Crippen LogP contribution in [0, 0.1) is 10.1 Å². The molecule has 0 spiro atoms. The number of thiazole rings is 1. The smallest absolute Gasteiger partial charge is 0.269 e. The van der Waals surface area contributed by atoms with Crippen molar-refractivity contribution >= 4 is 44.9 Å². The number of para-hydroxylation sites is 1. The van der Waals surface area contributed by atoms with E-state index in [4.69, 9.17) is 4.98 Å². The molecule has 0 N–H and O–H groups in total. The highest BCUT2D eigenvalue weighted by molar-refractivity contribution is 8.00. The highest BCUT2D eigenvalue weighted by atomic mass is 32.2. The van der Waals surface area contributed by atoms with Crippen LogP contribution in [0.3, 0.4) is 0 Å². The fourth-order valence-corrected chi connectivity index (χ4v) is 5.26. The number of aromatic nitrogens is 1. The van der Waals surface area contributed by atoms with E-state index in [0.717, 1.165) is 34.8 Å². The molecule has 1 atom stereocenters. The lowest BCUT2D eigenvalue weighted by Crippen LogP contribution is -2.40. The van der Waals surface area contributed by atoms with E-state index in [1.807, 2.05) is 23.1 Å². The quantitative estimate of drug-likeness (QED) is 0.344. The van der Waals surface area contributed by atoms with Crippen molar-refractivity contribution in [2.24, 2.45) is 0 Å². The number of nitro groups is 1. The Kier molecular flexibility index (Phi) is 5.59. The molecule has 1 aromatic heterocycles. The van der Waals surface area contributed by atoms with Crippen molar-refractivity contribution in [1.82, 2.24) is 9.88 Å². The topological polar surface area (TPSA) is 76.3 Å². The van der Waals surface area contributed by atoms with Crippen molar-refractivity contribution in [2.75, 3.05) is 18.8 Å². The first kappa shape index (κ1) is 18.9. The number of carbonyl (C=O) groups is 1. The van der Waals surface area contributed by atoms with Crippen molar-refractivity contribution in [3.8, 4) is 0 Å². The van der Waals surface area contributed by atoms with Crippen molar-refractivity contribution in [3.05, 3.63) is 63.7 Å². The number of carbonyl (C=O) groups excluding carboxylic acids is 1. The van der Waals surface area contributed by atoms with Gasteiger partial charge in [-0.3, -0.25) is 14.9 Å². The maximum absolute atomic E-state index is 12.7. The third-order valence-electron chi connectivity index (χ3n) is 4.84. The zero-order valence-corrected chi connectivity index (χ0v) is 16.7. The number of thioether (sulfide) groups is 1. The Morgan fingerprint density at radius 3 is 2.79 bits per heavy atom. The predicted octanol–water partition coefficient (Wildman–Crippen LogP) is 4.70. The van der Waals surface area contributed by atoms with Crippen LogP contribution >= 0.6 is 23.1 Å². The lowest BCUT2D eigenvalue weighted by atomic mass is 9.99. The summed E-state index contributed by atoms with van der Waals surface area (Å²) in [5.41, 5.74) is 1.09. The Labute approximate surface area is 170 Å². The fourth-order valence-electron chi connectivity index (χ4n) is 3.37. The van der Waals surface area contributed by atoms with Crippen LogP contribution in [-0.4, -0.2) is 39.6 Å². The van der Waals surface area contributed by atoms with Gasteiger partial charge in [0.05, 0.1) is 25.9 Å². The molecular formula is C20H19N3O3S2. The molecule has 1 aliphatic heterocycles. The van der Waals surface area contributed by atoms with Gasteiger partial charge in [0.2, 0.25) is 5.91 Å². The summed E-state index contributed by atoms with van der Waals surface area (Å²) in [6.45, 7) is 1.49. The van der Waals surface area contributed by atoms with Crippen molar-refractivity contribution in [1.29, 1.82) is 0 Å². The van der Waals surface area contributed by atoms with Gasteiger partial charge in [-0.1, -0.05) is 12.1 Å². The molecule has 0 unspecified atom stereocenters. The first-order valence-corrected chi connectivity index (χ1v) is 10.9. The number of non-ortho nitro benzene ring substituents is 1. The largest absolute Gasteiger partial charge is 0.341 e. The molecule has 1 saturated heterocycles. The van der Waals surface area contributed by atoms with E-state index < -0.39 is 4.92 Å². The number of hydrogen-bond acceptors (Lipinski definition) is 6. The molecule has 28 heavy (non-hydrogen) atoms. The first-order valence-electron chi connectivity index (χ1n) is 9.10. The summed E-state index contributed by atoms with van der Waals surface area (Å²) < 4.78 is 1.19. The van der Waals surface area contributed by atoms with Gasteiger partial charge >= 0.3 is 0 Å². The molecule has 0 bridgehead atoms. The summed E-state index contributed by atoms with van der Waals surface area (Å²) in [6.07, 6.45) is 2.04. The number of nitro benzene ring substituents is 1. The van der Waals surface area contributed by atoms with Crippen LogP contribution in [-0.2, 0) is 4.79 Å². The minimum absolute atomic E-state index is 0.0605. The summed E-state index contributed by atoms with van der Waals surface area (Å²) in [5.74, 6) is 0.735. The monoisotopic (exact) mass is 413 g/mol. The Balaban J connectivity index is 1.37. The molecule has 6 nitrogen and oxygen atoms in total. The summed E-state index contributed by atoms with van der Waals surface area (Å²) in [7, 11) is 0. The van der Waals surface area contributed by atoms with E-state index in [9.17, 15) is 14.9 Å². The van der Waals surface area contributed by atoms with E-state index in [-0.39, 0.29) is 11.6 Å². The van der Waals surface area contributed by atoms with E-state index >= 15 is 0 Å². The van der Waals surface area contributed by atoms with E-state index in [0.29, 0.717) is 18.2 Å². The summed E-state index contributed by atoms with van der Waals surface area (Å²) in [6, 6.07) is 14.5. The number of hydrogen-bond donors (Lipinski definition) is 0. The highest BCUT2D eigenvalue weighted by Crippen LogP contribution is 2.33. The fraction of sp³-hybridized carbons (Fsp3) is 0.300. The number of benzene rings is 2. The lowest BCUT2D eigenvalue weighted by Gasteiger charge is -2.31. The number of amides is 1. The number of piperidine rings is 1. The number of likely N-dealkylation sites (tertiary alicyclic amines) is 1. The first-order chi connectivity index (χ1) is 13.6. The van der Waals surface area contributed by atoms with Gasteiger partial charge in [-0.25, -0.2) is 4.98 Å². The Bertz CT molecular complexity index is 970. The van der Waals surface area contributed by atoms with Gasteiger partial charge in [0, 0.05) is 36.0 Å². The molecular weight excluding hydrogens is 394 g/mol. The van der Waals surface area contributed by atoms with Crippen LogP contribution in [0.5, 0.6) is 0 Å². The zero-order chi connectivity index (χ0) is 19.5. The molecule has 3 aromatic rings. The number of rotatable bonds is 5. The molecule has 4 rings (SSSR count). The van der Waals surface area contributed by atoms with Gasteiger partial charge in [-0.2, -0.15) is 0 Å². The third kappa shape index (κ3) is 4.18. The van der Waals surface area contributed by atoms with E-state index in [1.54, 1.807) is 23.5 Å². The van der Waals surface area contributed by atoms with Crippen LogP contribution in [0.2, 0.25) is 0 Å². The van der Waals surface area contributed by atoms with E-state index in [1.165, 1.54) is 28.6 Å². The third-order valence-corrected chi connectivity index (χ3v) is 7.04. The average Bonchev–Trinajstić information content (AvgIpc) is 3.17. The van der Waals surface area contributed by atoms with Crippen LogP contribution in [0.25, 0.3) is 10.2 Å². The van der Waals surface area contributed by atoms with Gasteiger partial charge in [-0.05, 0) is 37.1 Å². The average molecular weight is 414 g/mol. The minimum atomic E-state index is -0.421. The molecule has 2 aromatic carbocycles. The van der Waals surface area contributed by atoms with Crippen LogP contribution in [0.4, 0.5) is 5.69 Å². The lowest BCUT2D eigenvalue weighted by molar-refractivity contribution is -0.384. The van der Waals surface area contributed by atoms with Crippen molar-refractivity contribution < 1.29 is 9.72 Å². The van der Waals surface area contributed by atoms with Crippen LogP contribution in [0.15, 0.2) is 53.4 Å². The van der Waals surface area contributed by atoms with Crippen LogP contribution in [0.1, 0.15) is 23.8 Å². The highest BCUT2D eigenvalue weighted by Gasteiger charge is 2.26. The predicted molar refractivity (Wildman–Crippen MR) is 112 cm³/mol. The number of fused-ring (bicyclic) bond motifs is 1. The van der Waals surface area contributed by atoms with Gasteiger partial charge in [0.25, 0.3) is 5.69 Å². The Morgan fingerprint density at radius 1 is 1.25 bits per heavy atom. The Morgan fingerprint density at radius 2 is 2.04 bits per heavy atom. The van der Waals surface area contributed by atoms with Gasteiger partial charge in [0.15, 0.2) is 0 Å². The molecule has 0 saturated carbocycles. The van der Waals surface area contributed by atoms with Gasteiger partial charge in [0.1, 0.15) is 0 Å². The normalized spacial score (nSPS) is 17.0. The van der Waals surface area contributed by atoms with E-state index in [2.05, 4.69) is 6.07 Å². The molecule has 1 amide bonds. The van der Waals surface area contributed by atoms with Gasteiger partial charge < -0.3 is 4.90 Å². The molecule has 1 aliphatic rings. The molecule has 2 heterocycles. The number of nitrogens with zero attached hydrogens (tertiary/aromatic N) is 3. The second kappa shape index (κ2) is 8.28. The molecule has 0 radical (unpaired) electrons. The second-order valence-corrected chi connectivity index (χ2v) is 8.85.